The summed E-state index contributed by atoms with van der Waals surface area (Å²) in [5, 5.41) is 11.7. The lowest BCUT2D eigenvalue weighted by Gasteiger charge is -2.40. The van der Waals surface area contributed by atoms with Crippen LogP contribution in [-0.4, -0.2) is 50.8 Å². The Labute approximate surface area is 148 Å². The fourth-order valence-corrected chi connectivity index (χ4v) is 3.14. The van der Waals surface area contributed by atoms with Crippen molar-refractivity contribution in [2.45, 2.75) is 45.8 Å². The monoisotopic (exact) mass is 345 g/mol. The minimum absolute atomic E-state index is 0.0747. The number of hydrogen-bond acceptors (Lipinski definition) is 4. The van der Waals surface area contributed by atoms with Gasteiger partial charge in [-0.15, -0.1) is 10.2 Å². The summed E-state index contributed by atoms with van der Waals surface area (Å²) in [5.41, 5.74) is 0.507. The van der Waals surface area contributed by atoms with Crippen molar-refractivity contribution >= 4 is 11.7 Å². The number of fused-ring (bicyclic) bond motifs is 1. The minimum Gasteiger partial charge on any atom is -0.372 e. The summed E-state index contributed by atoms with van der Waals surface area (Å²) in [6.07, 6.45) is 2.80. The van der Waals surface area contributed by atoms with E-state index in [2.05, 4.69) is 43.2 Å². The first-order valence-corrected chi connectivity index (χ1v) is 8.92. The molecule has 0 aromatic carbocycles. The average molecular weight is 345 g/mol. The molecule has 1 N–H and O–H groups in total. The molecular formula is C18H27N5O2. The molecule has 3 rings (SSSR count). The quantitative estimate of drug-likeness (QED) is 0.925. The Morgan fingerprint density at radius 3 is 2.92 bits per heavy atom. The highest BCUT2D eigenvalue weighted by Crippen LogP contribution is 2.24. The maximum absolute atomic E-state index is 12.8. The van der Waals surface area contributed by atoms with Gasteiger partial charge in [-0.1, -0.05) is 26.8 Å². The molecule has 1 aliphatic heterocycles. The van der Waals surface area contributed by atoms with Gasteiger partial charge >= 0.3 is 6.03 Å². The lowest BCUT2D eigenvalue weighted by atomic mass is 10.0. The van der Waals surface area contributed by atoms with E-state index in [0.717, 1.165) is 17.9 Å². The Balaban J connectivity index is 1.79. The van der Waals surface area contributed by atoms with Gasteiger partial charge in [0.2, 0.25) is 0 Å². The van der Waals surface area contributed by atoms with Crippen LogP contribution >= 0.6 is 0 Å². The van der Waals surface area contributed by atoms with Crippen LogP contribution in [0.2, 0.25) is 0 Å². The first kappa shape index (κ1) is 17.7. The number of aromatic nitrogens is 3. The lowest BCUT2D eigenvalue weighted by molar-refractivity contribution is -0.0875. The Morgan fingerprint density at radius 1 is 1.40 bits per heavy atom. The highest BCUT2D eigenvalue weighted by molar-refractivity contribution is 5.75. The highest BCUT2D eigenvalue weighted by Gasteiger charge is 2.34. The summed E-state index contributed by atoms with van der Waals surface area (Å²) in [6.45, 7) is 10.1. The van der Waals surface area contributed by atoms with E-state index in [9.17, 15) is 4.79 Å². The first-order chi connectivity index (χ1) is 11.9. The van der Waals surface area contributed by atoms with E-state index in [1.807, 2.05) is 33.7 Å². The van der Waals surface area contributed by atoms with Crippen LogP contribution in [0.4, 0.5) is 4.79 Å². The van der Waals surface area contributed by atoms with Crippen LogP contribution in [0, 0.1) is 5.92 Å². The average Bonchev–Trinajstić information content (AvgIpc) is 3.03. The molecule has 1 aliphatic rings. The number of amides is 2. The van der Waals surface area contributed by atoms with Crippen molar-refractivity contribution in [2.24, 2.45) is 5.92 Å². The molecule has 136 valence electrons. The van der Waals surface area contributed by atoms with Gasteiger partial charge in [-0.2, -0.15) is 0 Å². The zero-order valence-corrected chi connectivity index (χ0v) is 15.4. The first-order valence-electron chi connectivity index (χ1n) is 8.92. The standard InChI is InChI=1S/C18H27N5O2/c1-5-18(4)12-22(10-11-25-18)17(24)19-15(13(2)3)16-21-20-14-8-6-7-9-23(14)16/h6-9,13,15H,5,10-12H2,1-4H3,(H,19,24)/t15-,18-/m0/s1. The van der Waals surface area contributed by atoms with E-state index >= 15 is 0 Å². The molecule has 25 heavy (non-hydrogen) atoms. The molecule has 7 nitrogen and oxygen atoms in total. The van der Waals surface area contributed by atoms with Crippen molar-refractivity contribution in [1.29, 1.82) is 0 Å². The molecule has 2 atom stereocenters. The maximum Gasteiger partial charge on any atom is 0.318 e. The minimum atomic E-state index is -0.273. The molecular weight excluding hydrogens is 318 g/mol. The summed E-state index contributed by atoms with van der Waals surface area (Å²) < 4.78 is 7.76. The molecule has 2 amide bonds. The number of nitrogens with zero attached hydrogens (tertiary/aromatic N) is 4. The van der Waals surface area contributed by atoms with Gasteiger partial charge < -0.3 is 15.0 Å². The van der Waals surface area contributed by atoms with E-state index in [1.165, 1.54) is 0 Å². The molecule has 0 spiro atoms. The summed E-state index contributed by atoms with van der Waals surface area (Å²) in [6, 6.07) is 5.49. The van der Waals surface area contributed by atoms with E-state index in [-0.39, 0.29) is 23.6 Å². The molecule has 0 bridgehead atoms. The second kappa shape index (κ2) is 7.00. The van der Waals surface area contributed by atoms with Gasteiger partial charge in [-0.3, -0.25) is 4.40 Å². The smallest absolute Gasteiger partial charge is 0.318 e. The number of carbonyl (C=O) groups is 1. The third kappa shape index (κ3) is 3.61. The molecule has 0 aliphatic carbocycles. The van der Waals surface area contributed by atoms with Crippen LogP contribution in [0.25, 0.3) is 5.65 Å². The molecule has 2 aromatic heterocycles. The molecule has 1 saturated heterocycles. The van der Waals surface area contributed by atoms with Crippen molar-refractivity contribution in [2.75, 3.05) is 19.7 Å². The van der Waals surface area contributed by atoms with Crippen LogP contribution in [0.5, 0.6) is 0 Å². The van der Waals surface area contributed by atoms with Crippen LogP contribution in [0.1, 0.15) is 46.0 Å². The van der Waals surface area contributed by atoms with E-state index < -0.39 is 0 Å². The summed E-state index contributed by atoms with van der Waals surface area (Å²) in [7, 11) is 0. The van der Waals surface area contributed by atoms with Gasteiger partial charge in [0.05, 0.1) is 24.8 Å². The molecule has 7 heteroatoms. The van der Waals surface area contributed by atoms with Gasteiger partial charge in [0, 0.05) is 12.7 Å². The van der Waals surface area contributed by atoms with E-state index in [4.69, 9.17) is 4.74 Å². The number of carbonyl (C=O) groups excluding carboxylic acids is 1. The third-order valence-electron chi connectivity index (χ3n) is 4.94. The number of morpholine rings is 1. The summed E-state index contributed by atoms with van der Waals surface area (Å²) in [5.74, 6) is 0.945. The normalized spacial score (nSPS) is 22.4. The number of nitrogens with one attached hydrogen (secondary N) is 1. The van der Waals surface area contributed by atoms with Crippen molar-refractivity contribution in [3.8, 4) is 0 Å². The Hall–Kier alpha value is -2.15. The zero-order valence-electron chi connectivity index (χ0n) is 15.4. The molecule has 0 radical (unpaired) electrons. The van der Waals surface area contributed by atoms with Crippen molar-refractivity contribution in [1.82, 2.24) is 24.8 Å². The maximum atomic E-state index is 12.8. The van der Waals surface area contributed by atoms with E-state index in [0.29, 0.717) is 19.7 Å². The van der Waals surface area contributed by atoms with Gasteiger partial charge in [-0.05, 0) is 31.4 Å². The Morgan fingerprint density at radius 2 is 2.20 bits per heavy atom. The molecule has 0 saturated carbocycles. The van der Waals surface area contributed by atoms with Crippen LogP contribution in [0.3, 0.4) is 0 Å². The number of pyridine rings is 1. The number of urea groups is 1. The van der Waals surface area contributed by atoms with Crippen LogP contribution in [-0.2, 0) is 4.74 Å². The second-order valence-corrected chi connectivity index (χ2v) is 7.23. The predicted molar refractivity (Wildman–Crippen MR) is 95.3 cm³/mol. The third-order valence-corrected chi connectivity index (χ3v) is 4.94. The predicted octanol–water partition coefficient (Wildman–Crippen LogP) is 2.64. The van der Waals surface area contributed by atoms with E-state index in [1.54, 1.807) is 0 Å². The lowest BCUT2D eigenvalue weighted by Crippen LogP contribution is -2.55. The summed E-state index contributed by atoms with van der Waals surface area (Å²) >= 11 is 0. The fraction of sp³-hybridized carbons (Fsp3) is 0.611. The van der Waals surface area contributed by atoms with Crippen LogP contribution < -0.4 is 5.32 Å². The van der Waals surface area contributed by atoms with Gasteiger partial charge in [-0.25, -0.2) is 4.79 Å². The number of hydrogen-bond donors (Lipinski definition) is 1. The van der Waals surface area contributed by atoms with Gasteiger partial charge in [0.1, 0.15) is 0 Å². The zero-order chi connectivity index (χ0) is 18.0. The molecule has 3 heterocycles. The molecule has 2 aromatic rings. The van der Waals surface area contributed by atoms with Gasteiger partial charge in [0.15, 0.2) is 11.5 Å². The Bertz CT molecular complexity index is 744. The van der Waals surface area contributed by atoms with Crippen molar-refractivity contribution in [3.05, 3.63) is 30.2 Å². The summed E-state index contributed by atoms with van der Waals surface area (Å²) in [4.78, 5) is 14.7. The highest BCUT2D eigenvalue weighted by atomic mass is 16.5. The van der Waals surface area contributed by atoms with Crippen LogP contribution in [0.15, 0.2) is 24.4 Å². The molecule has 0 unspecified atom stereocenters. The van der Waals surface area contributed by atoms with Gasteiger partial charge in [0.25, 0.3) is 0 Å². The Kier molecular flexibility index (Phi) is 4.94. The topological polar surface area (TPSA) is 71.8 Å². The fourth-order valence-electron chi connectivity index (χ4n) is 3.14. The SMILES string of the molecule is CC[C@@]1(C)CN(C(=O)N[C@H](c2nnc3ccccn23)C(C)C)CCO1. The molecule has 1 fully saturated rings. The second-order valence-electron chi connectivity index (χ2n) is 7.23. The van der Waals surface area contributed by atoms with Crippen molar-refractivity contribution < 1.29 is 9.53 Å². The van der Waals surface area contributed by atoms with Crippen molar-refractivity contribution in [3.63, 3.8) is 0 Å². The largest absolute Gasteiger partial charge is 0.372 e. The number of ether oxygens (including phenoxy) is 1. The number of rotatable bonds is 4.